The number of carbonyl (C=O) groups excluding carboxylic acids is 2. The lowest BCUT2D eigenvalue weighted by Gasteiger charge is -2.32. The second-order valence-corrected chi connectivity index (χ2v) is 5.00. The quantitative estimate of drug-likeness (QED) is 0.681. The van der Waals surface area contributed by atoms with Crippen LogP contribution in [0, 0.1) is 5.92 Å². The van der Waals surface area contributed by atoms with E-state index in [9.17, 15) is 14.4 Å². The Balaban J connectivity index is 2.46. The fourth-order valence-corrected chi connectivity index (χ4v) is 2.34. The normalized spacial score (nSPS) is 17.4. The molecule has 1 aliphatic rings. The molecule has 0 spiro atoms. The van der Waals surface area contributed by atoms with Crippen molar-refractivity contribution in [2.45, 2.75) is 38.6 Å². The molecule has 7 nitrogen and oxygen atoms in total. The van der Waals surface area contributed by atoms with Gasteiger partial charge in [0.25, 0.3) is 0 Å². The van der Waals surface area contributed by atoms with E-state index in [1.54, 1.807) is 11.9 Å². The van der Waals surface area contributed by atoms with Crippen molar-refractivity contribution >= 4 is 17.9 Å². The fraction of sp³-hybridized carbons (Fsp3) is 0.769. The Hall–Kier alpha value is -1.79. The largest absolute Gasteiger partial charge is 0.480 e. The summed E-state index contributed by atoms with van der Waals surface area (Å²) < 4.78 is 0. The maximum absolute atomic E-state index is 12.0. The highest BCUT2D eigenvalue weighted by atomic mass is 16.4. The number of likely N-dealkylation sites (tertiary alicyclic amines) is 1. The molecule has 0 radical (unpaired) electrons. The van der Waals surface area contributed by atoms with Gasteiger partial charge in [0, 0.05) is 26.1 Å². The van der Waals surface area contributed by atoms with Crippen LogP contribution in [-0.2, 0) is 9.59 Å². The van der Waals surface area contributed by atoms with Gasteiger partial charge in [-0.15, -0.1) is 0 Å². The van der Waals surface area contributed by atoms with E-state index >= 15 is 0 Å². The molecule has 0 aromatic carbocycles. The summed E-state index contributed by atoms with van der Waals surface area (Å²) in [6.07, 6.45) is 2.32. The Morgan fingerprint density at radius 2 is 1.90 bits per heavy atom. The number of nitrogens with one attached hydrogen (secondary N) is 2. The third-order valence-corrected chi connectivity index (χ3v) is 3.57. The fourth-order valence-electron chi connectivity index (χ4n) is 2.34. The number of nitrogens with zero attached hydrogens (tertiary/aromatic N) is 1. The van der Waals surface area contributed by atoms with Crippen molar-refractivity contribution in [1.82, 2.24) is 15.5 Å². The first kappa shape index (κ1) is 16.3. The first-order valence-corrected chi connectivity index (χ1v) is 6.99. The second kappa shape index (κ2) is 7.72. The van der Waals surface area contributed by atoms with Crippen molar-refractivity contribution in [3.8, 4) is 0 Å². The van der Waals surface area contributed by atoms with E-state index in [-0.39, 0.29) is 17.9 Å². The van der Waals surface area contributed by atoms with Crippen molar-refractivity contribution in [3.05, 3.63) is 0 Å². The summed E-state index contributed by atoms with van der Waals surface area (Å²) in [6.45, 7) is 2.82. The van der Waals surface area contributed by atoms with Gasteiger partial charge >= 0.3 is 12.0 Å². The number of rotatable bonds is 5. The van der Waals surface area contributed by atoms with E-state index in [2.05, 4.69) is 10.6 Å². The summed E-state index contributed by atoms with van der Waals surface area (Å²) in [5.41, 5.74) is 0. The summed E-state index contributed by atoms with van der Waals surface area (Å²) in [7, 11) is 1.60. The Morgan fingerprint density at radius 1 is 1.30 bits per heavy atom. The number of carboxylic acids is 1. The predicted molar refractivity (Wildman–Crippen MR) is 73.2 cm³/mol. The lowest BCUT2D eigenvalue weighted by atomic mass is 9.96. The van der Waals surface area contributed by atoms with E-state index in [0.29, 0.717) is 38.8 Å². The smallest absolute Gasteiger partial charge is 0.326 e. The zero-order chi connectivity index (χ0) is 15.1. The van der Waals surface area contributed by atoms with Crippen molar-refractivity contribution < 1.29 is 19.5 Å². The predicted octanol–water partition coefficient (Wildman–Crippen LogP) is 0.407. The molecule has 0 saturated carbocycles. The average molecular weight is 285 g/mol. The molecule has 0 aliphatic carbocycles. The summed E-state index contributed by atoms with van der Waals surface area (Å²) in [5, 5.41) is 14.2. The molecule has 0 aromatic rings. The first-order chi connectivity index (χ1) is 9.49. The number of carboxylic acid groups (broad SMARTS) is 1. The highest BCUT2D eigenvalue weighted by Crippen LogP contribution is 2.17. The van der Waals surface area contributed by atoms with E-state index in [4.69, 9.17) is 5.11 Å². The van der Waals surface area contributed by atoms with Crippen LogP contribution in [0.3, 0.4) is 0 Å². The van der Waals surface area contributed by atoms with Crippen LogP contribution in [0.2, 0.25) is 0 Å². The summed E-state index contributed by atoms with van der Waals surface area (Å²) >= 11 is 0. The van der Waals surface area contributed by atoms with Crippen molar-refractivity contribution in [3.63, 3.8) is 0 Å². The molecule has 1 atom stereocenters. The third kappa shape index (κ3) is 4.40. The van der Waals surface area contributed by atoms with Gasteiger partial charge in [-0.05, 0) is 19.3 Å². The van der Waals surface area contributed by atoms with Gasteiger partial charge in [0.1, 0.15) is 6.04 Å². The molecule has 1 rings (SSSR count). The van der Waals surface area contributed by atoms with Crippen LogP contribution in [0.4, 0.5) is 4.79 Å². The maximum atomic E-state index is 12.0. The number of carbonyl (C=O) groups is 3. The number of piperidine rings is 1. The molecule has 0 aromatic heterocycles. The summed E-state index contributed by atoms with van der Waals surface area (Å²) in [5.74, 6) is -1.07. The van der Waals surface area contributed by atoms with Crippen LogP contribution in [0.5, 0.6) is 0 Å². The van der Waals surface area contributed by atoms with Crippen molar-refractivity contribution in [2.75, 3.05) is 20.1 Å². The average Bonchev–Trinajstić information content (AvgIpc) is 2.45. The van der Waals surface area contributed by atoms with Gasteiger partial charge < -0.3 is 20.6 Å². The molecule has 7 heteroatoms. The van der Waals surface area contributed by atoms with Crippen LogP contribution in [0.1, 0.15) is 32.6 Å². The second-order valence-electron chi connectivity index (χ2n) is 5.00. The van der Waals surface area contributed by atoms with Crippen LogP contribution >= 0.6 is 0 Å². The number of aliphatic carboxylic acids is 1. The SMILES string of the molecule is CCC[C@@H](NC(=O)N1CCC(C(=O)NC)CC1)C(=O)O. The molecule has 3 amide bonds. The first-order valence-electron chi connectivity index (χ1n) is 6.99. The molecule has 3 N–H and O–H groups in total. The van der Waals surface area contributed by atoms with Gasteiger partial charge in [0.05, 0.1) is 0 Å². The van der Waals surface area contributed by atoms with Crippen molar-refractivity contribution in [2.24, 2.45) is 5.92 Å². The van der Waals surface area contributed by atoms with Crippen LogP contribution in [0.15, 0.2) is 0 Å². The molecule has 114 valence electrons. The van der Waals surface area contributed by atoms with Gasteiger partial charge in [-0.25, -0.2) is 9.59 Å². The highest BCUT2D eigenvalue weighted by Gasteiger charge is 2.28. The molecule has 1 saturated heterocycles. The Morgan fingerprint density at radius 3 is 2.35 bits per heavy atom. The van der Waals surface area contributed by atoms with E-state index < -0.39 is 12.0 Å². The topological polar surface area (TPSA) is 98.7 Å². The minimum absolute atomic E-state index is 0.000506. The highest BCUT2D eigenvalue weighted by molar-refractivity contribution is 5.83. The number of hydrogen-bond acceptors (Lipinski definition) is 3. The Bertz CT molecular complexity index is 365. The van der Waals surface area contributed by atoms with Gasteiger partial charge in [-0.2, -0.15) is 0 Å². The molecule has 0 bridgehead atoms. The van der Waals surface area contributed by atoms with Crippen LogP contribution < -0.4 is 10.6 Å². The maximum Gasteiger partial charge on any atom is 0.326 e. The van der Waals surface area contributed by atoms with E-state index in [0.717, 1.165) is 0 Å². The van der Waals surface area contributed by atoms with E-state index in [1.165, 1.54) is 0 Å². The zero-order valence-electron chi connectivity index (χ0n) is 12.0. The Kier molecular flexibility index (Phi) is 6.27. The number of urea groups is 1. The summed E-state index contributed by atoms with van der Waals surface area (Å²) in [4.78, 5) is 36.0. The third-order valence-electron chi connectivity index (χ3n) is 3.57. The number of hydrogen-bond donors (Lipinski definition) is 3. The van der Waals surface area contributed by atoms with Gasteiger partial charge in [0.15, 0.2) is 0 Å². The molecular formula is C13H23N3O4. The van der Waals surface area contributed by atoms with Gasteiger partial charge in [-0.3, -0.25) is 4.79 Å². The molecule has 1 heterocycles. The zero-order valence-corrected chi connectivity index (χ0v) is 12.0. The molecular weight excluding hydrogens is 262 g/mol. The number of amides is 3. The van der Waals surface area contributed by atoms with Gasteiger partial charge in [0.2, 0.25) is 5.91 Å². The lowest BCUT2D eigenvalue weighted by Crippen LogP contribution is -2.51. The monoisotopic (exact) mass is 285 g/mol. The minimum atomic E-state index is -1.01. The lowest BCUT2D eigenvalue weighted by molar-refractivity contribution is -0.139. The van der Waals surface area contributed by atoms with Gasteiger partial charge in [-0.1, -0.05) is 13.3 Å². The molecule has 1 aliphatic heterocycles. The molecule has 0 unspecified atom stereocenters. The van der Waals surface area contributed by atoms with Crippen LogP contribution in [-0.4, -0.2) is 54.1 Å². The summed E-state index contributed by atoms with van der Waals surface area (Å²) in [6, 6.07) is -1.20. The van der Waals surface area contributed by atoms with Crippen molar-refractivity contribution in [1.29, 1.82) is 0 Å². The minimum Gasteiger partial charge on any atom is -0.480 e. The van der Waals surface area contributed by atoms with E-state index in [1.807, 2.05) is 6.92 Å². The molecule has 1 fully saturated rings. The molecule has 20 heavy (non-hydrogen) atoms. The standard InChI is InChI=1S/C13H23N3O4/c1-3-4-10(12(18)19)15-13(20)16-7-5-9(6-8-16)11(17)14-2/h9-10H,3-8H2,1-2H3,(H,14,17)(H,15,20)(H,18,19)/t10-/m1/s1. The van der Waals surface area contributed by atoms with Crippen LogP contribution in [0.25, 0.3) is 0 Å². The Labute approximate surface area is 118 Å².